The van der Waals surface area contributed by atoms with Gasteiger partial charge in [-0.1, -0.05) is 12.8 Å². The van der Waals surface area contributed by atoms with Gasteiger partial charge < -0.3 is 25.1 Å². The third-order valence-corrected chi connectivity index (χ3v) is 4.87. The van der Waals surface area contributed by atoms with Crippen LogP contribution in [0.2, 0.25) is 0 Å². The minimum absolute atomic E-state index is 0.205. The van der Waals surface area contributed by atoms with Crippen LogP contribution in [-0.2, 0) is 4.74 Å². The number of aliphatic imine (C=N–C) groups is 1. The molecule has 0 aromatic carbocycles. The summed E-state index contributed by atoms with van der Waals surface area (Å²) in [6.07, 6.45) is 7.55. The Bertz CT molecular complexity index is 551. The molecule has 3 N–H and O–H groups in total. The van der Waals surface area contributed by atoms with Gasteiger partial charge in [-0.15, -0.1) is 0 Å². The molecule has 1 saturated carbocycles. The number of rotatable bonds is 10. The fourth-order valence-electron chi connectivity index (χ4n) is 3.37. The van der Waals surface area contributed by atoms with E-state index in [2.05, 4.69) is 16.0 Å². The van der Waals surface area contributed by atoms with E-state index in [0.29, 0.717) is 18.8 Å². The molecule has 1 heterocycles. The van der Waals surface area contributed by atoms with Crippen LogP contribution in [0.15, 0.2) is 27.8 Å². The number of amides is 1. The molecular weight excluding hydrogens is 332 g/mol. The highest BCUT2D eigenvalue weighted by Crippen LogP contribution is 2.41. The van der Waals surface area contributed by atoms with Crippen LogP contribution in [0.3, 0.4) is 0 Å². The van der Waals surface area contributed by atoms with Crippen LogP contribution in [0.1, 0.15) is 49.6 Å². The van der Waals surface area contributed by atoms with Gasteiger partial charge in [-0.3, -0.25) is 9.79 Å². The van der Waals surface area contributed by atoms with Gasteiger partial charge in [0.25, 0.3) is 5.91 Å². The molecule has 1 aromatic rings. The minimum atomic E-state index is -0.205. The molecule has 1 aromatic heterocycles. The van der Waals surface area contributed by atoms with Crippen LogP contribution >= 0.6 is 0 Å². The van der Waals surface area contributed by atoms with Crippen molar-refractivity contribution in [3.8, 4) is 0 Å². The Labute approximate surface area is 156 Å². The monoisotopic (exact) mass is 364 g/mol. The Hall–Kier alpha value is -2.02. The lowest BCUT2D eigenvalue weighted by Gasteiger charge is -2.27. The second-order valence-corrected chi connectivity index (χ2v) is 6.81. The Balaban J connectivity index is 1.79. The van der Waals surface area contributed by atoms with E-state index in [1.54, 1.807) is 19.2 Å². The van der Waals surface area contributed by atoms with Crippen LogP contribution in [0.25, 0.3) is 0 Å². The van der Waals surface area contributed by atoms with Gasteiger partial charge in [-0.05, 0) is 43.7 Å². The molecular formula is C19H32N4O3. The van der Waals surface area contributed by atoms with E-state index < -0.39 is 0 Å². The summed E-state index contributed by atoms with van der Waals surface area (Å²) < 4.78 is 10.4. The normalized spacial score (nSPS) is 16.5. The van der Waals surface area contributed by atoms with Crippen molar-refractivity contribution in [2.45, 2.75) is 39.0 Å². The van der Waals surface area contributed by atoms with Gasteiger partial charge in [-0.2, -0.15) is 0 Å². The molecule has 0 saturated heterocycles. The summed E-state index contributed by atoms with van der Waals surface area (Å²) in [6, 6.07) is 3.35. The van der Waals surface area contributed by atoms with Crippen molar-refractivity contribution in [1.29, 1.82) is 0 Å². The first-order chi connectivity index (χ1) is 12.7. The van der Waals surface area contributed by atoms with Crippen molar-refractivity contribution in [3.05, 3.63) is 24.2 Å². The largest absolute Gasteiger partial charge is 0.459 e. The lowest BCUT2D eigenvalue weighted by molar-refractivity contribution is 0.0926. The number of nitrogens with zero attached hydrogens (tertiary/aromatic N) is 1. The van der Waals surface area contributed by atoms with Gasteiger partial charge in [0.2, 0.25) is 0 Å². The summed E-state index contributed by atoms with van der Waals surface area (Å²) in [5.41, 5.74) is 0.270. The number of nitrogens with one attached hydrogen (secondary N) is 3. The highest BCUT2D eigenvalue weighted by molar-refractivity contribution is 5.91. The van der Waals surface area contributed by atoms with Gasteiger partial charge in [0.1, 0.15) is 0 Å². The molecule has 1 fully saturated rings. The Morgan fingerprint density at radius 1 is 1.27 bits per heavy atom. The van der Waals surface area contributed by atoms with Gasteiger partial charge in [0, 0.05) is 39.9 Å². The molecule has 7 nitrogen and oxygen atoms in total. The summed E-state index contributed by atoms with van der Waals surface area (Å²) in [5.74, 6) is 0.915. The second-order valence-electron chi connectivity index (χ2n) is 6.81. The summed E-state index contributed by atoms with van der Waals surface area (Å²) >= 11 is 0. The van der Waals surface area contributed by atoms with Gasteiger partial charge in [-0.25, -0.2) is 0 Å². The van der Waals surface area contributed by atoms with Gasteiger partial charge >= 0.3 is 0 Å². The summed E-state index contributed by atoms with van der Waals surface area (Å²) in [4.78, 5) is 16.6. The molecule has 7 heteroatoms. The molecule has 26 heavy (non-hydrogen) atoms. The van der Waals surface area contributed by atoms with E-state index in [9.17, 15) is 4.79 Å². The van der Waals surface area contributed by atoms with Crippen LogP contribution in [0.5, 0.6) is 0 Å². The average Bonchev–Trinajstić information content (AvgIpc) is 3.34. The Morgan fingerprint density at radius 2 is 2.04 bits per heavy atom. The van der Waals surface area contributed by atoms with E-state index in [0.717, 1.165) is 32.1 Å². The van der Waals surface area contributed by atoms with E-state index in [4.69, 9.17) is 14.1 Å². The Morgan fingerprint density at radius 3 is 2.69 bits per heavy atom. The summed E-state index contributed by atoms with van der Waals surface area (Å²) in [5, 5.41) is 9.37. The zero-order valence-corrected chi connectivity index (χ0v) is 16.0. The maximum Gasteiger partial charge on any atom is 0.287 e. The number of methoxy groups -OCH3 is 1. The second kappa shape index (κ2) is 10.9. The van der Waals surface area contributed by atoms with Crippen LogP contribution in [0.4, 0.5) is 0 Å². The fourth-order valence-corrected chi connectivity index (χ4v) is 3.37. The SMILES string of the molecule is CCNC(=NCC1(CCOC)CCCC1)NCCNC(=O)c1ccco1. The van der Waals surface area contributed by atoms with E-state index >= 15 is 0 Å². The highest BCUT2D eigenvalue weighted by Gasteiger charge is 2.33. The van der Waals surface area contributed by atoms with Crippen LogP contribution < -0.4 is 16.0 Å². The Kier molecular flexibility index (Phi) is 8.47. The van der Waals surface area contributed by atoms with Crippen molar-refractivity contribution in [3.63, 3.8) is 0 Å². The third-order valence-electron chi connectivity index (χ3n) is 4.87. The number of furan rings is 1. The van der Waals surface area contributed by atoms with Crippen LogP contribution in [-0.4, -0.2) is 51.8 Å². The standard InChI is InChI=1S/C19H32N4O3/c1-3-20-18(22-12-11-21-17(24)16-7-6-13-26-16)23-15-19(10-14-25-2)8-4-5-9-19/h6-7,13H,3-5,8-12,14-15H2,1-2H3,(H,21,24)(H2,20,22,23). The first kappa shape index (κ1) is 20.3. The molecule has 0 spiro atoms. The predicted octanol–water partition coefficient (Wildman–Crippen LogP) is 2.16. The molecule has 1 amide bonds. The number of hydrogen-bond acceptors (Lipinski definition) is 4. The molecule has 1 aliphatic carbocycles. The lowest BCUT2D eigenvalue weighted by Crippen LogP contribution is -2.42. The maximum atomic E-state index is 11.8. The number of carbonyl (C=O) groups is 1. The zero-order chi connectivity index (χ0) is 18.7. The average molecular weight is 364 g/mol. The van der Waals surface area contributed by atoms with Crippen molar-refractivity contribution in [1.82, 2.24) is 16.0 Å². The lowest BCUT2D eigenvalue weighted by atomic mass is 9.83. The quantitative estimate of drug-likeness (QED) is 0.336. The topological polar surface area (TPSA) is 87.9 Å². The number of carbonyl (C=O) groups excluding carboxylic acids is 1. The van der Waals surface area contributed by atoms with Crippen molar-refractivity contribution in [2.75, 3.05) is 39.9 Å². The highest BCUT2D eigenvalue weighted by atomic mass is 16.5. The number of hydrogen-bond donors (Lipinski definition) is 3. The fraction of sp³-hybridized carbons (Fsp3) is 0.684. The number of ether oxygens (including phenoxy) is 1. The van der Waals surface area contributed by atoms with Crippen LogP contribution in [0, 0.1) is 5.41 Å². The minimum Gasteiger partial charge on any atom is -0.459 e. The van der Waals surface area contributed by atoms with E-state index in [-0.39, 0.29) is 11.3 Å². The molecule has 0 atom stereocenters. The molecule has 0 radical (unpaired) electrons. The summed E-state index contributed by atoms with van der Waals surface area (Å²) in [6.45, 7) is 5.55. The molecule has 0 aliphatic heterocycles. The molecule has 0 bridgehead atoms. The predicted molar refractivity (Wildman–Crippen MR) is 102 cm³/mol. The first-order valence-corrected chi connectivity index (χ1v) is 9.52. The summed E-state index contributed by atoms with van der Waals surface area (Å²) in [7, 11) is 1.76. The van der Waals surface area contributed by atoms with Crippen molar-refractivity contribution >= 4 is 11.9 Å². The first-order valence-electron chi connectivity index (χ1n) is 9.52. The molecule has 2 rings (SSSR count). The number of guanidine groups is 1. The zero-order valence-electron chi connectivity index (χ0n) is 16.0. The van der Waals surface area contributed by atoms with Gasteiger partial charge in [0.05, 0.1) is 6.26 Å². The van der Waals surface area contributed by atoms with E-state index in [1.807, 2.05) is 6.92 Å². The van der Waals surface area contributed by atoms with Crippen molar-refractivity contribution < 1.29 is 13.9 Å². The third kappa shape index (κ3) is 6.37. The van der Waals surface area contributed by atoms with Crippen molar-refractivity contribution in [2.24, 2.45) is 10.4 Å². The smallest absolute Gasteiger partial charge is 0.287 e. The molecule has 1 aliphatic rings. The maximum absolute atomic E-state index is 11.8. The van der Waals surface area contributed by atoms with E-state index in [1.165, 1.54) is 31.9 Å². The molecule has 0 unspecified atom stereocenters. The van der Waals surface area contributed by atoms with Gasteiger partial charge in [0.15, 0.2) is 11.7 Å². The molecule has 146 valence electrons.